The van der Waals surface area contributed by atoms with Crippen LogP contribution in [0.5, 0.6) is 0 Å². The standard InChI is InChI=1S/C30H32ClN3O4/c31-25-17-15-23(16-18-25)21-33(29(35)20-24-11-7-8-14-27(24)34(37)38)28(19-22-9-3-1-4-10-22)30(36)32-26-12-5-2-6-13-26/h1,3-4,7-11,14-18,26,28H,2,5-6,12-13,19-21H2,(H,32,36)/t28-/m0/s1. The Morgan fingerprint density at radius 2 is 1.58 bits per heavy atom. The molecule has 7 nitrogen and oxygen atoms in total. The third-order valence-electron chi connectivity index (χ3n) is 7.02. The van der Waals surface area contributed by atoms with E-state index in [0.717, 1.165) is 43.2 Å². The highest BCUT2D eigenvalue weighted by atomic mass is 35.5. The average molecular weight is 534 g/mol. The minimum atomic E-state index is -0.787. The smallest absolute Gasteiger partial charge is 0.273 e. The van der Waals surface area contributed by atoms with Crippen molar-refractivity contribution in [1.29, 1.82) is 0 Å². The van der Waals surface area contributed by atoms with E-state index in [1.807, 2.05) is 42.5 Å². The van der Waals surface area contributed by atoms with Crippen LogP contribution in [-0.4, -0.2) is 33.7 Å². The first-order valence-corrected chi connectivity index (χ1v) is 13.4. The number of benzene rings is 3. The fourth-order valence-electron chi connectivity index (χ4n) is 4.99. The molecule has 1 aliphatic rings. The maximum Gasteiger partial charge on any atom is 0.273 e. The van der Waals surface area contributed by atoms with E-state index in [2.05, 4.69) is 5.32 Å². The van der Waals surface area contributed by atoms with Crippen LogP contribution < -0.4 is 5.32 Å². The van der Waals surface area contributed by atoms with Crippen LogP contribution in [-0.2, 0) is 29.0 Å². The molecule has 198 valence electrons. The van der Waals surface area contributed by atoms with Gasteiger partial charge in [-0.15, -0.1) is 0 Å². The first kappa shape index (κ1) is 27.3. The van der Waals surface area contributed by atoms with E-state index in [1.54, 1.807) is 35.2 Å². The van der Waals surface area contributed by atoms with Gasteiger partial charge in [0.25, 0.3) is 5.69 Å². The maximum absolute atomic E-state index is 13.9. The van der Waals surface area contributed by atoms with Gasteiger partial charge < -0.3 is 10.2 Å². The molecule has 0 aromatic heterocycles. The minimum absolute atomic E-state index is 0.0808. The van der Waals surface area contributed by atoms with Crippen LogP contribution in [0.4, 0.5) is 5.69 Å². The molecule has 1 N–H and O–H groups in total. The zero-order valence-corrected chi connectivity index (χ0v) is 22.0. The molecule has 38 heavy (non-hydrogen) atoms. The number of hydrogen-bond acceptors (Lipinski definition) is 4. The lowest BCUT2D eigenvalue weighted by atomic mass is 9.94. The number of nitrogens with zero attached hydrogens (tertiary/aromatic N) is 2. The lowest BCUT2D eigenvalue weighted by Gasteiger charge is -2.33. The predicted octanol–water partition coefficient (Wildman–Crippen LogP) is 5.88. The van der Waals surface area contributed by atoms with E-state index in [9.17, 15) is 19.7 Å². The van der Waals surface area contributed by atoms with E-state index < -0.39 is 11.0 Å². The summed E-state index contributed by atoms with van der Waals surface area (Å²) in [4.78, 5) is 40.4. The molecule has 0 radical (unpaired) electrons. The van der Waals surface area contributed by atoms with Crippen LogP contribution in [0.3, 0.4) is 0 Å². The van der Waals surface area contributed by atoms with Crippen molar-refractivity contribution in [1.82, 2.24) is 10.2 Å². The number of nitro benzene ring substituents is 1. The topological polar surface area (TPSA) is 92.6 Å². The van der Waals surface area contributed by atoms with Crippen molar-refractivity contribution >= 4 is 29.1 Å². The Bertz CT molecular complexity index is 1240. The van der Waals surface area contributed by atoms with Gasteiger partial charge in [-0.3, -0.25) is 19.7 Å². The Balaban J connectivity index is 1.68. The highest BCUT2D eigenvalue weighted by Gasteiger charge is 2.32. The highest BCUT2D eigenvalue weighted by molar-refractivity contribution is 6.30. The molecule has 1 atom stereocenters. The Hall–Kier alpha value is -3.71. The molecule has 4 rings (SSSR count). The van der Waals surface area contributed by atoms with Crippen molar-refractivity contribution in [3.8, 4) is 0 Å². The van der Waals surface area contributed by atoms with E-state index >= 15 is 0 Å². The van der Waals surface area contributed by atoms with Crippen LogP contribution in [0.2, 0.25) is 5.02 Å². The first-order valence-electron chi connectivity index (χ1n) is 13.0. The molecule has 3 aromatic carbocycles. The molecule has 0 aliphatic heterocycles. The maximum atomic E-state index is 13.9. The van der Waals surface area contributed by atoms with Crippen LogP contribution in [0.25, 0.3) is 0 Å². The molecule has 0 bridgehead atoms. The van der Waals surface area contributed by atoms with Gasteiger partial charge in [-0.2, -0.15) is 0 Å². The second-order valence-corrected chi connectivity index (χ2v) is 10.2. The van der Waals surface area contributed by atoms with E-state index in [-0.39, 0.29) is 36.5 Å². The Labute approximate surface area is 228 Å². The second-order valence-electron chi connectivity index (χ2n) is 9.76. The molecule has 0 spiro atoms. The number of nitro groups is 1. The average Bonchev–Trinajstić information content (AvgIpc) is 2.93. The molecule has 3 aromatic rings. The number of rotatable bonds is 10. The molecule has 2 amide bonds. The molecular formula is C30H32ClN3O4. The fraction of sp³-hybridized carbons (Fsp3) is 0.333. The van der Waals surface area contributed by atoms with Crippen LogP contribution in [0, 0.1) is 10.1 Å². The summed E-state index contributed by atoms with van der Waals surface area (Å²) in [5.41, 5.74) is 1.94. The highest BCUT2D eigenvalue weighted by Crippen LogP contribution is 2.23. The summed E-state index contributed by atoms with van der Waals surface area (Å²) >= 11 is 6.09. The summed E-state index contributed by atoms with van der Waals surface area (Å²) in [5.74, 6) is -0.556. The molecule has 1 fully saturated rings. The molecule has 8 heteroatoms. The molecule has 0 heterocycles. The van der Waals surface area contributed by atoms with Crippen LogP contribution >= 0.6 is 11.6 Å². The summed E-state index contributed by atoms with van der Waals surface area (Å²) in [7, 11) is 0. The molecular weight excluding hydrogens is 502 g/mol. The Morgan fingerprint density at radius 3 is 2.26 bits per heavy atom. The Kier molecular flexibility index (Phi) is 9.49. The quantitative estimate of drug-likeness (QED) is 0.260. The Morgan fingerprint density at radius 1 is 0.921 bits per heavy atom. The van der Waals surface area contributed by atoms with Gasteiger partial charge in [-0.05, 0) is 36.1 Å². The molecule has 1 saturated carbocycles. The number of nitrogens with one attached hydrogen (secondary N) is 1. The summed E-state index contributed by atoms with van der Waals surface area (Å²) in [6.45, 7) is 0.173. The van der Waals surface area contributed by atoms with Gasteiger partial charge in [0.1, 0.15) is 6.04 Å². The third kappa shape index (κ3) is 7.42. The van der Waals surface area contributed by atoms with E-state index in [1.165, 1.54) is 6.07 Å². The number of amides is 2. The van der Waals surface area contributed by atoms with Crippen molar-refractivity contribution in [2.75, 3.05) is 0 Å². The second kappa shape index (κ2) is 13.2. The predicted molar refractivity (Wildman–Crippen MR) is 148 cm³/mol. The number of carbonyl (C=O) groups excluding carboxylic acids is 2. The minimum Gasteiger partial charge on any atom is -0.352 e. The van der Waals surface area contributed by atoms with Gasteiger partial charge in [0.15, 0.2) is 0 Å². The first-order chi connectivity index (χ1) is 18.4. The van der Waals surface area contributed by atoms with Gasteiger partial charge in [0.2, 0.25) is 11.8 Å². The van der Waals surface area contributed by atoms with Gasteiger partial charge in [-0.25, -0.2) is 0 Å². The van der Waals surface area contributed by atoms with Crippen molar-refractivity contribution in [2.24, 2.45) is 0 Å². The zero-order chi connectivity index (χ0) is 26.9. The summed E-state index contributed by atoms with van der Waals surface area (Å²) in [5, 5.41) is 15.4. The van der Waals surface area contributed by atoms with E-state index in [0.29, 0.717) is 17.0 Å². The van der Waals surface area contributed by atoms with E-state index in [4.69, 9.17) is 11.6 Å². The fourth-order valence-corrected chi connectivity index (χ4v) is 5.11. The normalized spacial score (nSPS) is 14.4. The lowest BCUT2D eigenvalue weighted by Crippen LogP contribution is -2.53. The molecule has 0 saturated heterocycles. The SMILES string of the molecule is O=C(NC1CCCCC1)[C@H](Cc1ccccc1)N(Cc1ccc(Cl)cc1)C(=O)Cc1ccccc1[N+](=O)[O-]. The summed E-state index contributed by atoms with van der Waals surface area (Å²) in [6, 6.07) is 22.3. The number of halogens is 1. The van der Waals surface area contributed by atoms with Crippen LogP contribution in [0.15, 0.2) is 78.9 Å². The summed E-state index contributed by atoms with van der Waals surface area (Å²) in [6.07, 6.45) is 5.29. The van der Waals surface area contributed by atoms with Gasteiger partial charge in [0, 0.05) is 35.7 Å². The number of hydrogen-bond donors (Lipinski definition) is 1. The molecule has 1 aliphatic carbocycles. The van der Waals surface area contributed by atoms with Crippen molar-refractivity contribution in [3.63, 3.8) is 0 Å². The lowest BCUT2D eigenvalue weighted by molar-refractivity contribution is -0.385. The van der Waals surface area contributed by atoms with Crippen molar-refractivity contribution in [3.05, 3.63) is 111 Å². The van der Waals surface area contributed by atoms with Crippen molar-refractivity contribution in [2.45, 2.75) is 63.6 Å². The molecule has 0 unspecified atom stereocenters. The largest absolute Gasteiger partial charge is 0.352 e. The van der Waals surface area contributed by atoms with Crippen molar-refractivity contribution < 1.29 is 14.5 Å². The van der Waals surface area contributed by atoms with Gasteiger partial charge >= 0.3 is 0 Å². The summed E-state index contributed by atoms with van der Waals surface area (Å²) < 4.78 is 0. The third-order valence-corrected chi connectivity index (χ3v) is 7.27. The van der Waals surface area contributed by atoms with Crippen LogP contribution in [0.1, 0.15) is 48.8 Å². The van der Waals surface area contributed by atoms with Gasteiger partial charge in [0.05, 0.1) is 11.3 Å². The zero-order valence-electron chi connectivity index (χ0n) is 21.2. The number of para-hydroxylation sites is 1. The number of carbonyl (C=O) groups is 2. The monoisotopic (exact) mass is 533 g/mol. The van der Waals surface area contributed by atoms with Gasteiger partial charge in [-0.1, -0.05) is 91.5 Å².